The van der Waals surface area contributed by atoms with Crippen LogP contribution in [0.5, 0.6) is 11.5 Å². The fraction of sp³-hybridized carbons (Fsp3) is 0.647. The molecule has 0 amide bonds. The number of hydrogen-bond donors (Lipinski definition) is 2. The van der Waals surface area contributed by atoms with Crippen LogP contribution in [0.15, 0.2) is 18.2 Å². The summed E-state index contributed by atoms with van der Waals surface area (Å²) < 4.78 is 5.19. The molecule has 0 saturated heterocycles. The number of nitrogens with one attached hydrogen (secondary N) is 1. The Labute approximate surface area is 129 Å². The summed E-state index contributed by atoms with van der Waals surface area (Å²) >= 11 is 0. The van der Waals surface area contributed by atoms with Crippen molar-refractivity contribution in [2.45, 2.75) is 46.2 Å². The Kier molecular flexibility index (Phi) is 8.16. The van der Waals surface area contributed by atoms with Crippen LogP contribution in [0, 0.1) is 0 Å². The molecular weight excluding hydrogens is 264 g/mol. The van der Waals surface area contributed by atoms with Crippen molar-refractivity contribution in [3.8, 4) is 11.5 Å². The first-order valence-corrected chi connectivity index (χ1v) is 7.92. The van der Waals surface area contributed by atoms with Crippen LogP contribution in [0.1, 0.15) is 39.2 Å². The van der Waals surface area contributed by atoms with E-state index in [1.807, 2.05) is 6.07 Å². The van der Waals surface area contributed by atoms with E-state index in [9.17, 15) is 5.11 Å². The third kappa shape index (κ3) is 6.36. The molecule has 0 spiro atoms. The Morgan fingerprint density at radius 3 is 2.62 bits per heavy atom. The number of rotatable bonds is 10. The lowest BCUT2D eigenvalue weighted by Crippen LogP contribution is -2.28. The van der Waals surface area contributed by atoms with Crippen LogP contribution in [-0.4, -0.2) is 42.8 Å². The molecule has 0 aliphatic carbocycles. The van der Waals surface area contributed by atoms with Crippen molar-refractivity contribution in [2.24, 2.45) is 0 Å². The van der Waals surface area contributed by atoms with Gasteiger partial charge in [-0.05, 0) is 57.6 Å². The van der Waals surface area contributed by atoms with Crippen molar-refractivity contribution in [3.63, 3.8) is 0 Å². The monoisotopic (exact) mass is 294 g/mol. The molecule has 1 rings (SSSR count). The van der Waals surface area contributed by atoms with Gasteiger partial charge in [-0.2, -0.15) is 0 Å². The van der Waals surface area contributed by atoms with E-state index < -0.39 is 0 Å². The standard InChI is InChI=1S/C17H30N2O2/c1-5-19(6-2)11-7-8-14(3)18-13-15-12-16(21-4)9-10-17(15)20/h9-10,12,14,18,20H,5-8,11,13H2,1-4H3. The summed E-state index contributed by atoms with van der Waals surface area (Å²) in [6.45, 7) is 10.7. The summed E-state index contributed by atoms with van der Waals surface area (Å²) in [5.74, 6) is 1.09. The number of methoxy groups -OCH3 is 1. The fourth-order valence-electron chi connectivity index (χ4n) is 2.38. The van der Waals surface area contributed by atoms with Gasteiger partial charge in [0.25, 0.3) is 0 Å². The van der Waals surface area contributed by atoms with Crippen LogP contribution in [0.25, 0.3) is 0 Å². The molecule has 0 aliphatic rings. The summed E-state index contributed by atoms with van der Waals surface area (Å²) in [6.07, 6.45) is 2.33. The molecule has 1 atom stereocenters. The quantitative estimate of drug-likeness (QED) is 0.696. The second-order valence-corrected chi connectivity index (χ2v) is 5.45. The second kappa shape index (κ2) is 9.64. The Morgan fingerprint density at radius 1 is 1.29 bits per heavy atom. The third-order valence-electron chi connectivity index (χ3n) is 3.93. The normalized spacial score (nSPS) is 12.6. The van der Waals surface area contributed by atoms with Crippen LogP contribution < -0.4 is 10.1 Å². The lowest BCUT2D eigenvalue weighted by Gasteiger charge is -2.20. The van der Waals surface area contributed by atoms with Crippen LogP contribution in [0.4, 0.5) is 0 Å². The van der Waals surface area contributed by atoms with Crippen molar-refractivity contribution < 1.29 is 9.84 Å². The lowest BCUT2D eigenvalue weighted by atomic mass is 10.1. The highest BCUT2D eigenvalue weighted by Gasteiger charge is 2.07. The van der Waals surface area contributed by atoms with E-state index in [1.54, 1.807) is 19.2 Å². The van der Waals surface area contributed by atoms with Gasteiger partial charge in [-0.15, -0.1) is 0 Å². The van der Waals surface area contributed by atoms with E-state index in [0.29, 0.717) is 18.3 Å². The second-order valence-electron chi connectivity index (χ2n) is 5.45. The summed E-state index contributed by atoms with van der Waals surface area (Å²) in [6, 6.07) is 5.77. The highest BCUT2D eigenvalue weighted by molar-refractivity contribution is 5.39. The predicted octanol–water partition coefficient (Wildman–Crippen LogP) is 3.00. The molecule has 4 nitrogen and oxygen atoms in total. The Bertz CT molecular complexity index is 406. The zero-order valence-corrected chi connectivity index (χ0v) is 13.9. The minimum Gasteiger partial charge on any atom is -0.508 e. The number of phenolic OH excluding ortho intramolecular Hbond substituents is 1. The topological polar surface area (TPSA) is 44.7 Å². The number of ether oxygens (including phenoxy) is 1. The highest BCUT2D eigenvalue weighted by atomic mass is 16.5. The molecule has 0 fully saturated rings. The predicted molar refractivity (Wildman–Crippen MR) is 88.0 cm³/mol. The molecule has 21 heavy (non-hydrogen) atoms. The SMILES string of the molecule is CCN(CC)CCCC(C)NCc1cc(OC)ccc1O. The first kappa shape index (κ1) is 17.8. The summed E-state index contributed by atoms with van der Waals surface area (Å²) in [7, 11) is 1.64. The molecule has 1 unspecified atom stereocenters. The molecule has 1 aromatic carbocycles. The van der Waals surface area contributed by atoms with Crippen molar-refractivity contribution in [1.82, 2.24) is 10.2 Å². The van der Waals surface area contributed by atoms with Gasteiger partial charge in [0.15, 0.2) is 0 Å². The molecule has 0 bridgehead atoms. The fourth-order valence-corrected chi connectivity index (χ4v) is 2.38. The number of phenols is 1. The molecule has 120 valence electrons. The average molecular weight is 294 g/mol. The van der Waals surface area contributed by atoms with Crippen molar-refractivity contribution in [1.29, 1.82) is 0 Å². The van der Waals surface area contributed by atoms with E-state index in [0.717, 1.165) is 37.4 Å². The molecule has 2 N–H and O–H groups in total. The maximum absolute atomic E-state index is 9.85. The smallest absolute Gasteiger partial charge is 0.120 e. The molecule has 0 heterocycles. The van der Waals surface area contributed by atoms with Crippen molar-refractivity contribution in [2.75, 3.05) is 26.7 Å². The number of nitrogens with zero attached hydrogens (tertiary/aromatic N) is 1. The van der Waals surface area contributed by atoms with Gasteiger partial charge >= 0.3 is 0 Å². The maximum Gasteiger partial charge on any atom is 0.120 e. The Morgan fingerprint density at radius 2 is 2.00 bits per heavy atom. The molecule has 0 radical (unpaired) electrons. The van der Waals surface area contributed by atoms with Crippen LogP contribution in [0.2, 0.25) is 0 Å². The van der Waals surface area contributed by atoms with E-state index >= 15 is 0 Å². The number of hydrogen-bond acceptors (Lipinski definition) is 4. The van der Waals surface area contributed by atoms with Crippen molar-refractivity contribution >= 4 is 0 Å². The van der Waals surface area contributed by atoms with E-state index in [-0.39, 0.29) is 0 Å². The first-order chi connectivity index (χ1) is 10.1. The van der Waals surface area contributed by atoms with Gasteiger partial charge in [0.05, 0.1) is 7.11 Å². The van der Waals surface area contributed by atoms with Gasteiger partial charge in [0.1, 0.15) is 11.5 Å². The maximum atomic E-state index is 9.85. The van der Waals surface area contributed by atoms with Gasteiger partial charge < -0.3 is 20.1 Å². The van der Waals surface area contributed by atoms with Gasteiger partial charge in [0.2, 0.25) is 0 Å². The third-order valence-corrected chi connectivity index (χ3v) is 3.93. The van der Waals surface area contributed by atoms with Crippen molar-refractivity contribution in [3.05, 3.63) is 23.8 Å². The minimum absolute atomic E-state index is 0.318. The summed E-state index contributed by atoms with van der Waals surface area (Å²) in [5, 5.41) is 13.3. The molecule has 1 aromatic rings. The molecule has 0 aromatic heterocycles. The highest BCUT2D eigenvalue weighted by Crippen LogP contribution is 2.22. The van der Waals surface area contributed by atoms with E-state index in [4.69, 9.17) is 4.74 Å². The molecule has 4 heteroatoms. The molecule has 0 aliphatic heterocycles. The number of aromatic hydroxyl groups is 1. The summed E-state index contributed by atoms with van der Waals surface area (Å²) in [4.78, 5) is 2.45. The Balaban J connectivity index is 2.34. The molecule has 0 saturated carbocycles. The minimum atomic E-state index is 0.318. The Hall–Kier alpha value is -1.26. The lowest BCUT2D eigenvalue weighted by molar-refractivity contribution is 0.290. The zero-order valence-electron chi connectivity index (χ0n) is 13.9. The van der Waals surface area contributed by atoms with Crippen LogP contribution >= 0.6 is 0 Å². The van der Waals surface area contributed by atoms with E-state index in [1.165, 1.54) is 6.42 Å². The van der Waals surface area contributed by atoms with E-state index in [2.05, 4.69) is 31.0 Å². The first-order valence-electron chi connectivity index (χ1n) is 7.92. The largest absolute Gasteiger partial charge is 0.508 e. The average Bonchev–Trinajstić information content (AvgIpc) is 2.50. The van der Waals surface area contributed by atoms with Gasteiger partial charge in [-0.1, -0.05) is 13.8 Å². The molecular formula is C17H30N2O2. The van der Waals surface area contributed by atoms with Gasteiger partial charge in [0, 0.05) is 18.2 Å². The number of benzene rings is 1. The van der Waals surface area contributed by atoms with Crippen LogP contribution in [0.3, 0.4) is 0 Å². The summed E-state index contributed by atoms with van der Waals surface area (Å²) in [5.41, 5.74) is 0.880. The van der Waals surface area contributed by atoms with Gasteiger partial charge in [-0.25, -0.2) is 0 Å². The zero-order chi connectivity index (χ0) is 15.7. The van der Waals surface area contributed by atoms with Gasteiger partial charge in [-0.3, -0.25) is 0 Å². The van der Waals surface area contributed by atoms with Crippen LogP contribution in [-0.2, 0) is 6.54 Å².